The van der Waals surface area contributed by atoms with Crippen LogP contribution < -0.4 is 21.3 Å². The highest BCUT2D eigenvalue weighted by atomic mass is 32.1. The average Bonchev–Trinajstić information content (AvgIpc) is 4.27. The van der Waals surface area contributed by atoms with E-state index in [-0.39, 0.29) is 48.7 Å². The number of nitrogens with zero attached hydrogens (tertiary/aromatic N) is 4. The van der Waals surface area contributed by atoms with E-state index in [1.54, 1.807) is 39.4 Å². The van der Waals surface area contributed by atoms with Gasteiger partial charge in [0.2, 0.25) is 35.4 Å². The molecule has 4 atom stereocenters. The number of carbonyl (C=O) groups excluding carboxylic acids is 6. The fraction of sp³-hybridized carbons (Fsp3) is 0.579. The Morgan fingerprint density at radius 3 is 1.36 bits per heavy atom. The van der Waals surface area contributed by atoms with Crippen LogP contribution in [0.1, 0.15) is 114 Å². The third kappa shape index (κ3) is 19.1. The zero-order valence-electron chi connectivity index (χ0n) is 45.8. The second-order valence-corrected chi connectivity index (χ2v) is 22.6. The summed E-state index contributed by atoms with van der Waals surface area (Å²) < 4.78 is 22.7. The molecule has 4 N–H and O–H groups in total. The maximum Gasteiger partial charge on any atom is 0.246 e. The number of rotatable bonds is 31. The van der Waals surface area contributed by atoms with E-state index in [1.165, 1.54) is 0 Å². The molecule has 2 aliphatic rings. The molecule has 18 nitrogen and oxygen atoms in total. The summed E-state index contributed by atoms with van der Waals surface area (Å²) >= 11 is 3.19. The SMILES string of the molecule is Cc1ncsc1-c1ccc(CNC(=O)[C@@H]2CCCN2C(=O)[C@H](C)NC(=O)COCCCCOCCCCOCCCCOCC(=O)N[C@H](C(=O)N2CCC[C@H]2C(=O)NCc2ccc(-c3scnc3C)cc2)C(C)(C)C)cc1. The minimum Gasteiger partial charge on any atom is -0.381 e. The number of amides is 6. The lowest BCUT2D eigenvalue weighted by Crippen LogP contribution is -2.58. The van der Waals surface area contributed by atoms with Crippen LogP contribution in [-0.4, -0.2) is 145 Å². The standard InChI is InChI=1S/C57H80N8O10S2/c1-39-50(76-37-60-39)44-21-17-42(18-22-44)33-58-53(68)46-15-13-25-64(46)55(70)41(3)62-48(66)35-74-31-11-9-29-72-27-7-8-28-73-30-10-12-32-75-36-49(67)63-52(57(4,5)6)56(71)65-26-14-16-47(65)54(69)59-34-43-19-23-45(24-20-43)51-40(2)61-38-77-51/h17-24,37-38,41,46-47,52H,7-16,25-36H2,1-6H3,(H,58,68)(H,59,69)(H,62,66)(H,63,67)/t41-,46-,47-,52+/m0/s1. The molecule has 77 heavy (non-hydrogen) atoms. The summed E-state index contributed by atoms with van der Waals surface area (Å²) in [5.74, 6) is -1.73. The molecule has 2 aliphatic heterocycles. The molecule has 2 aromatic carbocycles. The lowest BCUT2D eigenvalue weighted by molar-refractivity contribution is -0.144. The second-order valence-electron chi connectivity index (χ2n) is 20.8. The topological polar surface area (TPSA) is 220 Å². The fourth-order valence-corrected chi connectivity index (χ4v) is 10.9. The first-order valence-electron chi connectivity index (χ1n) is 27.2. The average molecular weight is 1100 g/mol. The van der Waals surface area contributed by atoms with Crippen LogP contribution in [0.2, 0.25) is 0 Å². The summed E-state index contributed by atoms with van der Waals surface area (Å²) in [5.41, 5.74) is 9.13. The zero-order valence-corrected chi connectivity index (χ0v) is 47.5. The third-order valence-corrected chi connectivity index (χ3v) is 15.6. The van der Waals surface area contributed by atoms with Crippen molar-refractivity contribution in [1.82, 2.24) is 41.0 Å². The normalized spacial score (nSPS) is 16.3. The second kappa shape index (κ2) is 31.1. The molecule has 0 radical (unpaired) electrons. The molecule has 0 bridgehead atoms. The summed E-state index contributed by atoms with van der Waals surface area (Å²) in [6.45, 7) is 15.8. The lowest BCUT2D eigenvalue weighted by Gasteiger charge is -2.35. The van der Waals surface area contributed by atoms with Crippen LogP contribution in [-0.2, 0) is 60.8 Å². The van der Waals surface area contributed by atoms with E-state index in [4.69, 9.17) is 18.9 Å². The number of hydrogen-bond acceptors (Lipinski definition) is 14. The molecule has 0 unspecified atom stereocenters. The minimum atomic E-state index is -0.822. The smallest absolute Gasteiger partial charge is 0.246 e. The number of ether oxygens (including phenoxy) is 4. The molecule has 0 spiro atoms. The number of likely N-dealkylation sites (tertiary alicyclic amines) is 2. The molecular formula is C57H80N8O10S2. The maximum atomic E-state index is 13.9. The van der Waals surface area contributed by atoms with Crippen molar-refractivity contribution >= 4 is 58.1 Å². The molecule has 6 amide bonds. The highest BCUT2D eigenvalue weighted by molar-refractivity contribution is 7.13. The van der Waals surface area contributed by atoms with Crippen LogP contribution in [0.5, 0.6) is 0 Å². The Morgan fingerprint density at radius 2 is 0.974 bits per heavy atom. The van der Waals surface area contributed by atoms with Gasteiger partial charge >= 0.3 is 0 Å². The van der Waals surface area contributed by atoms with Gasteiger partial charge in [-0.15, -0.1) is 22.7 Å². The van der Waals surface area contributed by atoms with Gasteiger partial charge in [-0.3, -0.25) is 28.8 Å². The van der Waals surface area contributed by atoms with Gasteiger partial charge in [0.1, 0.15) is 37.4 Å². The number of thiazole rings is 2. The van der Waals surface area contributed by atoms with Gasteiger partial charge in [0.05, 0.1) is 32.2 Å². The Kier molecular flexibility index (Phi) is 24.5. The van der Waals surface area contributed by atoms with E-state index in [0.29, 0.717) is 91.5 Å². The Labute approximate surface area is 462 Å². The molecule has 2 aromatic heterocycles. The Balaban J connectivity index is 0.725. The molecule has 2 saturated heterocycles. The predicted molar refractivity (Wildman–Crippen MR) is 298 cm³/mol. The van der Waals surface area contributed by atoms with Crippen LogP contribution in [0.4, 0.5) is 0 Å². The zero-order chi connectivity index (χ0) is 55.2. The van der Waals surface area contributed by atoms with Crippen LogP contribution in [0.15, 0.2) is 59.6 Å². The van der Waals surface area contributed by atoms with Crippen molar-refractivity contribution in [3.8, 4) is 20.9 Å². The van der Waals surface area contributed by atoms with E-state index in [0.717, 1.165) is 81.9 Å². The number of unbranched alkanes of at least 4 members (excludes halogenated alkanes) is 3. The first-order chi connectivity index (χ1) is 37.1. The van der Waals surface area contributed by atoms with Crippen molar-refractivity contribution in [1.29, 1.82) is 0 Å². The Morgan fingerprint density at radius 1 is 0.584 bits per heavy atom. The molecule has 2 fully saturated rings. The van der Waals surface area contributed by atoms with Crippen LogP contribution in [0.3, 0.4) is 0 Å². The summed E-state index contributed by atoms with van der Waals surface area (Å²) in [4.78, 5) is 93.4. The molecule has 4 aromatic rings. The van der Waals surface area contributed by atoms with Gasteiger partial charge in [-0.05, 0) is 113 Å². The summed E-state index contributed by atoms with van der Waals surface area (Å²) in [7, 11) is 0. The number of carbonyl (C=O) groups is 6. The van der Waals surface area contributed by atoms with E-state index in [2.05, 4.69) is 31.2 Å². The number of nitrogens with one attached hydrogen (secondary N) is 4. The number of hydrogen-bond donors (Lipinski definition) is 4. The summed E-state index contributed by atoms with van der Waals surface area (Å²) in [6, 6.07) is 13.3. The van der Waals surface area contributed by atoms with Crippen molar-refractivity contribution in [2.24, 2.45) is 5.41 Å². The third-order valence-electron chi connectivity index (χ3n) is 13.6. The highest BCUT2D eigenvalue weighted by Gasteiger charge is 2.42. The van der Waals surface area contributed by atoms with Crippen molar-refractivity contribution in [2.75, 3.05) is 65.9 Å². The quantitative estimate of drug-likeness (QED) is 0.0378. The van der Waals surface area contributed by atoms with Gasteiger partial charge in [0.25, 0.3) is 0 Å². The van der Waals surface area contributed by atoms with E-state index >= 15 is 0 Å². The molecule has 0 aliphatic carbocycles. The van der Waals surface area contributed by atoms with Gasteiger partial charge < -0.3 is 50.0 Å². The van der Waals surface area contributed by atoms with Gasteiger partial charge in [0, 0.05) is 65.8 Å². The van der Waals surface area contributed by atoms with Gasteiger partial charge in [-0.2, -0.15) is 0 Å². The number of aromatic nitrogens is 2. The van der Waals surface area contributed by atoms with E-state index < -0.39 is 29.6 Å². The molecule has 4 heterocycles. The Bertz CT molecular complexity index is 2510. The van der Waals surface area contributed by atoms with Gasteiger partial charge in [-0.25, -0.2) is 9.97 Å². The van der Waals surface area contributed by atoms with Crippen LogP contribution in [0, 0.1) is 19.3 Å². The molecular weight excluding hydrogens is 1020 g/mol. The number of benzene rings is 2. The first kappa shape index (κ1) is 60.6. The van der Waals surface area contributed by atoms with E-state index in [1.807, 2.05) is 94.2 Å². The van der Waals surface area contributed by atoms with Gasteiger partial charge in [0.15, 0.2) is 0 Å². The van der Waals surface area contributed by atoms with Crippen LogP contribution in [0.25, 0.3) is 20.9 Å². The molecule has 20 heteroatoms. The lowest BCUT2D eigenvalue weighted by atomic mass is 9.85. The maximum absolute atomic E-state index is 13.9. The summed E-state index contributed by atoms with van der Waals surface area (Å²) in [6.07, 6.45) is 7.30. The molecule has 6 rings (SSSR count). The van der Waals surface area contributed by atoms with Gasteiger partial charge in [-0.1, -0.05) is 69.3 Å². The van der Waals surface area contributed by atoms with Crippen molar-refractivity contribution in [2.45, 2.75) is 143 Å². The Hall–Kier alpha value is -5.64. The minimum absolute atomic E-state index is 0.160. The number of aryl methyl sites for hydroxylation is 2. The van der Waals surface area contributed by atoms with Crippen molar-refractivity contribution in [3.05, 3.63) is 82.1 Å². The first-order valence-corrected chi connectivity index (χ1v) is 28.9. The van der Waals surface area contributed by atoms with Crippen molar-refractivity contribution in [3.63, 3.8) is 0 Å². The summed E-state index contributed by atoms with van der Waals surface area (Å²) in [5, 5.41) is 11.6. The van der Waals surface area contributed by atoms with E-state index in [9.17, 15) is 28.8 Å². The van der Waals surface area contributed by atoms with Crippen LogP contribution >= 0.6 is 22.7 Å². The fourth-order valence-electron chi connectivity index (χ4n) is 9.30. The molecule has 0 saturated carbocycles. The largest absolute Gasteiger partial charge is 0.381 e. The monoisotopic (exact) mass is 1100 g/mol. The predicted octanol–water partition coefficient (Wildman–Crippen LogP) is 6.91. The molecule has 420 valence electrons. The van der Waals surface area contributed by atoms with Crippen molar-refractivity contribution < 1.29 is 47.7 Å². The highest BCUT2D eigenvalue weighted by Crippen LogP contribution is 2.30.